The Labute approximate surface area is 91.7 Å². The lowest BCUT2D eigenvalue weighted by Gasteiger charge is -2.03. The molecule has 0 aliphatic carbocycles. The van der Waals surface area contributed by atoms with Gasteiger partial charge in [0.1, 0.15) is 13.8 Å². The average molecular weight is 217 g/mol. The first-order valence-corrected chi connectivity index (χ1v) is 8.39. The largest absolute Gasteiger partial charge is 0.295 e. The molecule has 0 unspecified atom stereocenters. The van der Waals surface area contributed by atoms with Gasteiger partial charge in [0.15, 0.2) is 5.78 Å². The summed E-state index contributed by atoms with van der Waals surface area (Å²) in [5.74, 6) is 3.08. The lowest BCUT2D eigenvalue weighted by molar-refractivity contribution is 0.101. The van der Waals surface area contributed by atoms with E-state index in [1.54, 1.807) is 25.3 Å². The van der Waals surface area contributed by atoms with Gasteiger partial charge in [-0.2, -0.15) is 0 Å². The van der Waals surface area contributed by atoms with Crippen LogP contribution in [-0.4, -0.2) is 18.8 Å². The van der Waals surface area contributed by atoms with Crippen LogP contribution in [0.4, 0.5) is 0 Å². The van der Waals surface area contributed by atoms with Crippen molar-refractivity contribution in [3.8, 4) is 11.5 Å². The van der Waals surface area contributed by atoms with E-state index in [0.29, 0.717) is 11.3 Å². The minimum Gasteiger partial charge on any atom is -0.295 e. The van der Waals surface area contributed by atoms with E-state index in [1.165, 1.54) is 0 Å². The maximum Gasteiger partial charge on any atom is 0.159 e. The third kappa shape index (κ3) is 4.09. The van der Waals surface area contributed by atoms with Crippen LogP contribution in [0.25, 0.3) is 0 Å². The number of carbonyl (C=O) groups is 1. The zero-order valence-electron chi connectivity index (χ0n) is 9.59. The Kier molecular flexibility index (Phi) is 3.43. The summed E-state index contributed by atoms with van der Waals surface area (Å²) in [5.41, 5.74) is 4.58. The molecule has 1 aromatic rings. The second-order valence-electron chi connectivity index (χ2n) is 4.49. The molecule has 3 heteroatoms. The topological polar surface area (TPSA) is 30.0 Å². The van der Waals surface area contributed by atoms with E-state index in [0.717, 1.165) is 0 Å². The van der Waals surface area contributed by atoms with Gasteiger partial charge in [0.2, 0.25) is 0 Å². The van der Waals surface area contributed by atoms with Gasteiger partial charge < -0.3 is 0 Å². The van der Waals surface area contributed by atoms with Crippen molar-refractivity contribution < 1.29 is 4.79 Å². The standard InChI is InChI=1S/C12H15NOSi/c1-10(14)11-5-7-13-12(9-11)6-8-15(2,3)4/h5,7,9H,1-4H3. The van der Waals surface area contributed by atoms with Crippen molar-refractivity contribution in [2.75, 3.05) is 0 Å². The Bertz CT molecular complexity index is 435. The lowest BCUT2D eigenvalue weighted by Crippen LogP contribution is -2.16. The van der Waals surface area contributed by atoms with Gasteiger partial charge in [-0.15, -0.1) is 5.54 Å². The first kappa shape index (κ1) is 11.7. The molecule has 0 aromatic carbocycles. The molecule has 0 spiro atoms. The number of aromatic nitrogens is 1. The van der Waals surface area contributed by atoms with Gasteiger partial charge in [0.05, 0.1) is 0 Å². The zero-order chi connectivity index (χ0) is 11.5. The molecule has 0 saturated carbocycles. The van der Waals surface area contributed by atoms with Gasteiger partial charge >= 0.3 is 0 Å². The van der Waals surface area contributed by atoms with Crippen LogP contribution < -0.4 is 0 Å². The van der Waals surface area contributed by atoms with Crippen LogP contribution in [0.2, 0.25) is 19.6 Å². The highest BCUT2D eigenvalue weighted by Gasteiger charge is 2.07. The van der Waals surface area contributed by atoms with E-state index in [-0.39, 0.29) is 5.78 Å². The molecule has 0 aliphatic heterocycles. The number of hydrogen-bond acceptors (Lipinski definition) is 2. The van der Waals surface area contributed by atoms with Gasteiger partial charge in [-0.05, 0) is 19.1 Å². The maximum absolute atomic E-state index is 11.1. The molecule has 0 atom stereocenters. The number of Topliss-reactive ketones (excluding diaryl/α,β-unsaturated/α-hetero) is 1. The minimum absolute atomic E-state index is 0.0495. The quantitative estimate of drug-likeness (QED) is 0.411. The van der Waals surface area contributed by atoms with Gasteiger partial charge in [-0.1, -0.05) is 25.6 Å². The number of rotatable bonds is 1. The van der Waals surface area contributed by atoms with E-state index in [2.05, 4.69) is 36.1 Å². The van der Waals surface area contributed by atoms with Crippen LogP contribution in [0.15, 0.2) is 18.3 Å². The summed E-state index contributed by atoms with van der Waals surface area (Å²) in [6.07, 6.45) is 1.63. The van der Waals surface area contributed by atoms with Crippen molar-refractivity contribution in [1.29, 1.82) is 0 Å². The van der Waals surface area contributed by atoms with E-state index >= 15 is 0 Å². The molecule has 0 amide bonds. The fraction of sp³-hybridized carbons (Fsp3) is 0.333. The van der Waals surface area contributed by atoms with Crippen molar-refractivity contribution in [1.82, 2.24) is 4.98 Å². The molecule has 0 fully saturated rings. The Morgan fingerprint density at radius 2 is 2.07 bits per heavy atom. The zero-order valence-corrected chi connectivity index (χ0v) is 10.6. The van der Waals surface area contributed by atoms with Gasteiger partial charge in [-0.25, -0.2) is 4.98 Å². The average Bonchev–Trinajstić information content (AvgIpc) is 2.14. The maximum atomic E-state index is 11.1. The molecular formula is C12H15NOSi. The third-order valence-electron chi connectivity index (χ3n) is 1.73. The Morgan fingerprint density at radius 3 is 2.60 bits per heavy atom. The molecule has 0 bridgehead atoms. The molecule has 0 saturated heterocycles. The summed E-state index contributed by atoms with van der Waals surface area (Å²) in [4.78, 5) is 15.3. The number of nitrogens with zero attached hydrogens (tertiary/aromatic N) is 1. The molecule has 1 rings (SSSR count). The normalized spacial score (nSPS) is 10.4. The smallest absolute Gasteiger partial charge is 0.159 e. The van der Waals surface area contributed by atoms with Crippen molar-refractivity contribution in [3.63, 3.8) is 0 Å². The predicted octanol–water partition coefficient (Wildman–Crippen LogP) is 2.51. The number of hydrogen-bond donors (Lipinski definition) is 0. The molecule has 78 valence electrons. The second-order valence-corrected chi connectivity index (χ2v) is 9.24. The fourth-order valence-electron chi connectivity index (χ4n) is 0.969. The van der Waals surface area contributed by atoms with Crippen LogP contribution in [0.3, 0.4) is 0 Å². The van der Waals surface area contributed by atoms with Gasteiger partial charge in [0, 0.05) is 11.8 Å². The molecule has 2 nitrogen and oxygen atoms in total. The summed E-state index contributed by atoms with van der Waals surface area (Å²) < 4.78 is 0. The number of carbonyl (C=O) groups excluding carboxylic acids is 1. The summed E-state index contributed by atoms with van der Waals surface area (Å²) in [6.45, 7) is 8.07. The highest BCUT2D eigenvalue weighted by Crippen LogP contribution is 2.03. The highest BCUT2D eigenvalue weighted by molar-refractivity contribution is 6.83. The van der Waals surface area contributed by atoms with Gasteiger partial charge in [-0.3, -0.25) is 4.79 Å². The van der Waals surface area contributed by atoms with E-state index in [4.69, 9.17) is 0 Å². The first-order chi connectivity index (χ1) is 6.88. The van der Waals surface area contributed by atoms with Crippen molar-refractivity contribution in [2.45, 2.75) is 26.6 Å². The van der Waals surface area contributed by atoms with Gasteiger partial charge in [0.25, 0.3) is 0 Å². The molecule has 1 aromatic heterocycles. The monoisotopic (exact) mass is 217 g/mol. The Balaban J connectivity index is 3.00. The summed E-state index contributed by atoms with van der Waals surface area (Å²) >= 11 is 0. The molecule has 15 heavy (non-hydrogen) atoms. The summed E-state index contributed by atoms with van der Waals surface area (Å²) in [7, 11) is -1.37. The predicted molar refractivity (Wildman–Crippen MR) is 64.5 cm³/mol. The molecule has 0 aliphatic rings. The third-order valence-corrected chi connectivity index (χ3v) is 2.61. The molecule has 1 heterocycles. The molecular weight excluding hydrogens is 202 g/mol. The SMILES string of the molecule is CC(=O)c1ccnc(C#C[Si](C)(C)C)c1. The lowest BCUT2D eigenvalue weighted by atomic mass is 10.2. The van der Waals surface area contributed by atoms with Crippen molar-refractivity contribution in [3.05, 3.63) is 29.6 Å². The highest BCUT2D eigenvalue weighted by atomic mass is 28.3. The van der Waals surface area contributed by atoms with E-state index in [9.17, 15) is 4.79 Å². The van der Waals surface area contributed by atoms with Crippen LogP contribution in [0.5, 0.6) is 0 Å². The van der Waals surface area contributed by atoms with Crippen molar-refractivity contribution in [2.24, 2.45) is 0 Å². The number of ketones is 1. The number of pyridine rings is 1. The van der Waals surface area contributed by atoms with Crippen LogP contribution >= 0.6 is 0 Å². The molecule has 0 radical (unpaired) electrons. The van der Waals surface area contributed by atoms with Crippen LogP contribution in [0.1, 0.15) is 23.0 Å². The van der Waals surface area contributed by atoms with Crippen molar-refractivity contribution >= 4 is 13.9 Å². The van der Waals surface area contributed by atoms with E-state index in [1.807, 2.05) is 0 Å². The van der Waals surface area contributed by atoms with E-state index < -0.39 is 8.07 Å². The van der Waals surface area contributed by atoms with Crippen LogP contribution in [0, 0.1) is 11.5 Å². The first-order valence-electron chi connectivity index (χ1n) is 4.89. The van der Waals surface area contributed by atoms with Crippen LogP contribution in [-0.2, 0) is 0 Å². The Morgan fingerprint density at radius 1 is 1.40 bits per heavy atom. The summed E-state index contributed by atoms with van der Waals surface area (Å²) in [5, 5.41) is 0. The second kappa shape index (κ2) is 4.41. The minimum atomic E-state index is -1.37. The fourth-order valence-corrected chi connectivity index (χ4v) is 1.47. The molecule has 0 N–H and O–H groups in total. The Hall–Kier alpha value is -1.40. The summed E-state index contributed by atoms with van der Waals surface area (Å²) in [6, 6.07) is 3.46.